The predicted octanol–water partition coefficient (Wildman–Crippen LogP) is 5.20. The molecule has 0 unspecified atom stereocenters. The smallest absolute Gasteiger partial charge is 0.231 e. The summed E-state index contributed by atoms with van der Waals surface area (Å²) in [5.74, 6) is 2.16. The van der Waals surface area contributed by atoms with Crippen molar-refractivity contribution in [3.63, 3.8) is 0 Å². The first-order valence-corrected chi connectivity index (χ1v) is 12.3. The monoisotopic (exact) mass is 514 g/mol. The molecule has 0 spiro atoms. The van der Waals surface area contributed by atoms with Crippen molar-refractivity contribution < 1.29 is 39.4 Å². The van der Waals surface area contributed by atoms with Crippen molar-refractivity contribution in [3.05, 3.63) is 82.9 Å². The van der Waals surface area contributed by atoms with E-state index in [4.69, 9.17) is 18.9 Å². The molecule has 4 aromatic carbocycles. The third-order valence-electron chi connectivity index (χ3n) is 6.86. The molecule has 0 saturated carbocycles. The van der Waals surface area contributed by atoms with Crippen LogP contribution in [0.1, 0.15) is 22.3 Å². The van der Waals surface area contributed by atoms with Crippen LogP contribution in [0, 0.1) is 0 Å². The minimum Gasteiger partial charge on any atom is -0.508 e. The van der Waals surface area contributed by atoms with E-state index in [1.807, 2.05) is 24.3 Å². The highest BCUT2D eigenvalue weighted by molar-refractivity contribution is 5.73. The second kappa shape index (κ2) is 9.63. The van der Waals surface area contributed by atoms with Crippen LogP contribution >= 0.6 is 0 Å². The van der Waals surface area contributed by atoms with Crippen LogP contribution in [0.4, 0.5) is 0 Å². The van der Waals surface area contributed by atoms with Crippen LogP contribution in [0.2, 0.25) is 0 Å². The summed E-state index contributed by atoms with van der Waals surface area (Å²) in [4.78, 5) is 0. The van der Waals surface area contributed by atoms with Gasteiger partial charge in [-0.2, -0.15) is 0 Å². The lowest BCUT2D eigenvalue weighted by Gasteiger charge is -2.16. The van der Waals surface area contributed by atoms with Crippen molar-refractivity contribution in [1.29, 1.82) is 0 Å². The molecule has 194 valence electrons. The maximum atomic E-state index is 10.3. The highest BCUT2D eigenvalue weighted by Gasteiger charge is 2.21. The van der Waals surface area contributed by atoms with Gasteiger partial charge in [-0.05, 0) is 108 Å². The van der Waals surface area contributed by atoms with Crippen molar-refractivity contribution >= 4 is 0 Å². The molecule has 0 radical (unpaired) electrons. The minimum atomic E-state index is 0.0431. The van der Waals surface area contributed by atoms with Gasteiger partial charge in [0, 0.05) is 0 Å². The predicted molar refractivity (Wildman–Crippen MR) is 138 cm³/mol. The first kappa shape index (κ1) is 23.7. The molecule has 4 N–H and O–H groups in total. The van der Waals surface area contributed by atoms with Crippen LogP contribution in [-0.4, -0.2) is 34.0 Å². The highest BCUT2D eigenvalue weighted by atomic mass is 16.7. The normalized spacial score (nSPS) is 13.2. The molecule has 0 amide bonds. The molecule has 4 aromatic rings. The Morgan fingerprint density at radius 3 is 1.39 bits per heavy atom. The molecule has 2 aliphatic rings. The molecule has 8 heteroatoms. The summed E-state index contributed by atoms with van der Waals surface area (Å²) in [6, 6.07) is 17.6. The van der Waals surface area contributed by atoms with Gasteiger partial charge in [-0.15, -0.1) is 0 Å². The number of aryl methyl sites for hydroxylation is 4. The minimum absolute atomic E-state index is 0.0431. The zero-order chi connectivity index (χ0) is 26.2. The fourth-order valence-corrected chi connectivity index (χ4v) is 5.04. The van der Waals surface area contributed by atoms with Crippen LogP contribution < -0.4 is 18.9 Å². The molecular weight excluding hydrogens is 488 g/mol. The average molecular weight is 515 g/mol. The lowest BCUT2D eigenvalue weighted by molar-refractivity contribution is 0.171. The van der Waals surface area contributed by atoms with Gasteiger partial charge in [0.25, 0.3) is 0 Å². The Kier molecular flexibility index (Phi) is 5.99. The van der Waals surface area contributed by atoms with Crippen molar-refractivity contribution in [2.45, 2.75) is 25.7 Å². The Morgan fingerprint density at radius 1 is 0.500 bits per heavy atom. The average Bonchev–Trinajstić information content (AvgIpc) is 3.57. The fraction of sp³-hybridized carbons (Fsp3) is 0.200. The first-order chi connectivity index (χ1) is 18.4. The van der Waals surface area contributed by atoms with Gasteiger partial charge < -0.3 is 39.4 Å². The van der Waals surface area contributed by atoms with Gasteiger partial charge in [-0.3, -0.25) is 0 Å². The third kappa shape index (κ3) is 4.56. The maximum Gasteiger partial charge on any atom is 0.231 e. The van der Waals surface area contributed by atoms with Gasteiger partial charge in [0.05, 0.1) is 0 Å². The van der Waals surface area contributed by atoms with Crippen LogP contribution in [-0.2, 0) is 25.7 Å². The number of benzene rings is 4. The van der Waals surface area contributed by atoms with Crippen molar-refractivity contribution in [3.8, 4) is 57.1 Å². The summed E-state index contributed by atoms with van der Waals surface area (Å²) in [5, 5.41) is 41.1. The van der Waals surface area contributed by atoms with E-state index in [1.165, 1.54) is 0 Å². The number of fused-ring (bicyclic) bond motifs is 2. The molecular formula is C30H26O8. The van der Waals surface area contributed by atoms with Crippen molar-refractivity contribution in [2.75, 3.05) is 13.6 Å². The highest BCUT2D eigenvalue weighted by Crippen LogP contribution is 2.43. The third-order valence-corrected chi connectivity index (χ3v) is 6.86. The quantitative estimate of drug-likeness (QED) is 0.266. The summed E-state index contributed by atoms with van der Waals surface area (Å²) < 4.78 is 21.4. The first-order valence-electron chi connectivity index (χ1n) is 12.3. The molecule has 8 nitrogen and oxygen atoms in total. The zero-order valence-corrected chi connectivity index (χ0v) is 20.4. The van der Waals surface area contributed by atoms with Gasteiger partial charge in [-0.25, -0.2) is 0 Å². The van der Waals surface area contributed by atoms with Gasteiger partial charge >= 0.3 is 0 Å². The van der Waals surface area contributed by atoms with E-state index in [-0.39, 0.29) is 36.6 Å². The Labute approximate surface area is 218 Å². The molecule has 6 rings (SSSR count). The molecule has 0 atom stereocenters. The number of rotatable bonds is 7. The van der Waals surface area contributed by atoms with Gasteiger partial charge in [0.15, 0.2) is 23.0 Å². The standard InChI is InChI=1S/C30H26O8/c31-21-5-7-23(19(13-21)3-1-17-9-25(33)29-27(11-17)35-15-37-29)24-8-6-22(32)14-20(24)4-2-18-10-26(34)30-28(12-18)36-16-38-30/h5-14,31-34H,1-4,15-16H2. The van der Waals surface area contributed by atoms with E-state index >= 15 is 0 Å². The van der Waals surface area contributed by atoms with Crippen LogP contribution in [0.5, 0.6) is 46.0 Å². The Balaban J connectivity index is 1.27. The number of ether oxygens (including phenoxy) is 4. The van der Waals surface area contributed by atoms with E-state index < -0.39 is 0 Å². The molecule has 0 saturated heterocycles. The maximum absolute atomic E-state index is 10.3. The Morgan fingerprint density at radius 2 is 0.947 bits per heavy atom. The Hall–Kier alpha value is -4.72. The number of hydrogen-bond donors (Lipinski definition) is 4. The molecule has 0 aliphatic carbocycles. The lowest BCUT2D eigenvalue weighted by atomic mass is 9.90. The van der Waals surface area contributed by atoms with Crippen LogP contribution in [0.25, 0.3) is 11.1 Å². The van der Waals surface area contributed by atoms with Crippen LogP contribution in [0.15, 0.2) is 60.7 Å². The number of phenolic OH excluding ortho intramolecular Hbond substituents is 4. The van der Waals surface area contributed by atoms with E-state index in [1.54, 1.807) is 36.4 Å². The molecule has 0 fully saturated rings. The summed E-state index contributed by atoms with van der Waals surface area (Å²) in [6.45, 7) is 0.164. The zero-order valence-electron chi connectivity index (χ0n) is 20.4. The van der Waals surface area contributed by atoms with Crippen molar-refractivity contribution in [2.24, 2.45) is 0 Å². The van der Waals surface area contributed by atoms with E-state index in [9.17, 15) is 20.4 Å². The second-order valence-electron chi connectivity index (χ2n) is 9.38. The molecule has 2 aliphatic heterocycles. The number of aromatic hydroxyl groups is 4. The van der Waals surface area contributed by atoms with E-state index in [0.717, 1.165) is 33.4 Å². The molecule has 2 heterocycles. The largest absolute Gasteiger partial charge is 0.508 e. The second-order valence-corrected chi connectivity index (χ2v) is 9.38. The summed E-state index contributed by atoms with van der Waals surface area (Å²) >= 11 is 0. The van der Waals surface area contributed by atoms with Crippen LogP contribution in [0.3, 0.4) is 0 Å². The van der Waals surface area contributed by atoms with Gasteiger partial charge in [0.2, 0.25) is 25.1 Å². The number of phenols is 4. The fourth-order valence-electron chi connectivity index (χ4n) is 5.04. The van der Waals surface area contributed by atoms with E-state index in [2.05, 4.69) is 0 Å². The SMILES string of the molecule is Oc1ccc(-c2ccc(O)cc2CCc2cc(O)c3c(c2)OCO3)c(CCc2cc(O)c3c(c2)OCO3)c1. The molecule has 0 bridgehead atoms. The summed E-state index contributed by atoms with van der Waals surface area (Å²) in [6.07, 6.45) is 2.40. The molecule has 0 aromatic heterocycles. The molecule has 38 heavy (non-hydrogen) atoms. The summed E-state index contributed by atoms with van der Waals surface area (Å²) in [5.41, 5.74) is 5.50. The lowest BCUT2D eigenvalue weighted by Crippen LogP contribution is -1.99. The van der Waals surface area contributed by atoms with E-state index in [0.29, 0.717) is 48.7 Å². The van der Waals surface area contributed by atoms with Gasteiger partial charge in [0.1, 0.15) is 11.5 Å². The summed E-state index contributed by atoms with van der Waals surface area (Å²) in [7, 11) is 0. The topological polar surface area (TPSA) is 118 Å². The van der Waals surface area contributed by atoms with Crippen molar-refractivity contribution in [1.82, 2.24) is 0 Å². The van der Waals surface area contributed by atoms with Gasteiger partial charge in [-0.1, -0.05) is 12.1 Å². The number of hydrogen-bond acceptors (Lipinski definition) is 8. The Bertz CT molecular complexity index is 1410.